The second-order valence-corrected chi connectivity index (χ2v) is 6.45. The highest BCUT2D eigenvalue weighted by Gasteiger charge is 2.24. The average molecular weight is 361 g/mol. The molecular weight excluding hydrogens is 346 g/mol. The number of amides is 1. The normalized spacial score (nSPS) is 16.6. The van der Waals surface area contributed by atoms with Crippen molar-refractivity contribution in [3.05, 3.63) is 32.7 Å². The molecule has 1 aliphatic carbocycles. The van der Waals surface area contributed by atoms with Crippen LogP contribution in [0.25, 0.3) is 0 Å². The van der Waals surface area contributed by atoms with Crippen molar-refractivity contribution in [2.75, 3.05) is 0 Å². The zero-order valence-corrected chi connectivity index (χ0v) is 12.8. The van der Waals surface area contributed by atoms with E-state index in [0.717, 1.165) is 21.3 Å². The molecule has 2 nitrogen and oxygen atoms in total. The quantitative estimate of drug-likeness (QED) is 0.859. The maximum Gasteiger partial charge on any atom is 0.252 e. The van der Waals surface area contributed by atoms with Gasteiger partial charge < -0.3 is 5.32 Å². The Kier molecular flexibility index (Phi) is 4.26. The van der Waals surface area contributed by atoms with Crippen molar-refractivity contribution in [3.63, 3.8) is 0 Å². The van der Waals surface area contributed by atoms with Gasteiger partial charge in [-0.05, 0) is 53.4 Å². The summed E-state index contributed by atoms with van der Waals surface area (Å²) in [6.07, 6.45) is 3.74. The van der Waals surface area contributed by atoms with Gasteiger partial charge in [-0.3, -0.25) is 4.79 Å². The first-order chi connectivity index (χ1) is 8.06. The minimum atomic E-state index is -0.00229. The number of nitrogens with one attached hydrogen (secondary N) is 1. The van der Waals surface area contributed by atoms with E-state index in [-0.39, 0.29) is 11.9 Å². The SMILES string of the molecule is CC(CC1CC1)NC(=O)c1ccc(Br)cc1Br. The first-order valence-corrected chi connectivity index (χ1v) is 7.41. The largest absolute Gasteiger partial charge is 0.350 e. The van der Waals surface area contributed by atoms with E-state index >= 15 is 0 Å². The summed E-state index contributed by atoms with van der Waals surface area (Å²) in [5, 5.41) is 3.04. The molecule has 1 fully saturated rings. The summed E-state index contributed by atoms with van der Waals surface area (Å²) >= 11 is 6.79. The number of benzene rings is 1. The van der Waals surface area contributed by atoms with Gasteiger partial charge in [0.05, 0.1) is 5.56 Å². The van der Waals surface area contributed by atoms with E-state index in [2.05, 4.69) is 44.1 Å². The summed E-state index contributed by atoms with van der Waals surface area (Å²) in [4.78, 5) is 12.0. The van der Waals surface area contributed by atoms with Crippen molar-refractivity contribution < 1.29 is 4.79 Å². The van der Waals surface area contributed by atoms with Crippen LogP contribution in [0.5, 0.6) is 0 Å². The standard InChI is InChI=1S/C13H15Br2NO/c1-8(6-9-2-3-9)16-13(17)11-5-4-10(14)7-12(11)15/h4-5,7-9H,2-3,6H2,1H3,(H,16,17). The lowest BCUT2D eigenvalue weighted by Gasteiger charge is -2.14. The molecule has 0 heterocycles. The average Bonchev–Trinajstić information content (AvgIpc) is 3.00. The minimum absolute atomic E-state index is 0.00229. The Labute approximate surface area is 118 Å². The van der Waals surface area contributed by atoms with Crippen LogP contribution >= 0.6 is 31.9 Å². The predicted molar refractivity (Wildman–Crippen MR) is 76.1 cm³/mol. The molecule has 0 radical (unpaired) electrons. The number of hydrogen-bond donors (Lipinski definition) is 1. The molecule has 1 aromatic rings. The van der Waals surface area contributed by atoms with Gasteiger partial charge >= 0.3 is 0 Å². The Bertz CT molecular complexity index is 429. The van der Waals surface area contributed by atoms with Crippen molar-refractivity contribution in [2.45, 2.75) is 32.2 Å². The Hall–Kier alpha value is -0.350. The number of halogens is 2. The molecule has 0 bridgehead atoms. The predicted octanol–water partition coefficient (Wildman–Crippen LogP) is 4.13. The number of rotatable bonds is 4. The van der Waals surface area contributed by atoms with Crippen LogP contribution in [0.3, 0.4) is 0 Å². The van der Waals surface area contributed by atoms with Crippen molar-refractivity contribution in [1.29, 1.82) is 0 Å². The van der Waals surface area contributed by atoms with Crippen molar-refractivity contribution in [1.82, 2.24) is 5.32 Å². The van der Waals surface area contributed by atoms with Crippen LogP contribution in [-0.2, 0) is 0 Å². The molecule has 0 saturated heterocycles. The van der Waals surface area contributed by atoms with Gasteiger partial charge in [0.15, 0.2) is 0 Å². The van der Waals surface area contributed by atoms with Crippen LogP contribution in [0.4, 0.5) is 0 Å². The van der Waals surface area contributed by atoms with E-state index in [1.807, 2.05) is 18.2 Å². The third kappa shape index (κ3) is 3.81. The van der Waals surface area contributed by atoms with E-state index in [1.54, 1.807) is 0 Å². The molecular formula is C13H15Br2NO. The summed E-state index contributed by atoms with van der Waals surface area (Å²) in [6.45, 7) is 2.07. The van der Waals surface area contributed by atoms with Gasteiger partial charge in [0.25, 0.3) is 5.91 Å². The fourth-order valence-corrected chi connectivity index (χ4v) is 3.11. The zero-order chi connectivity index (χ0) is 12.4. The van der Waals surface area contributed by atoms with Gasteiger partial charge in [0, 0.05) is 15.0 Å². The second-order valence-electron chi connectivity index (χ2n) is 4.68. The molecule has 0 aliphatic heterocycles. The molecule has 1 N–H and O–H groups in total. The summed E-state index contributed by atoms with van der Waals surface area (Å²) in [6, 6.07) is 5.85. The Balaban J connectivity index is 1.98. The number of hydrogen-bond acceptors (Lipinski definition) is 1. The van der Waals surface area contributed by atoms with Crippen LogP contribution in [0.2, 0.25) is 0 Å². The highest BCUT2D eigenvalue weighted by Crippen LogP contribution is 2.33. The maximum atomic E-state index is 12.0. The minimum Gasteiger partial charge on any atom is -0.350 e. The van der Waals surface area contributed by atoms with E-state index in [4.69, 9.17) is 0 Å². The molecule has 0 spiro atoms. The fraction of sp³-hybridized carbons (Fsp3) is 0.462. The molecule has 1 atom stereocenters. The Morgan fingerprint density at radius 3 is 2.76 bits per heavy atom. The van der Waals surface area contributed by atoms with Crippen molar-refractivity contribution in [2.24, 2.45) is 5.92 Å². The lowest BCUT2D eigenvalue weighted by Crippen LogP contribution is -2.33. The second kappa shape index (κ2) is 5.53. The van der Waals surface area contributed by atoms with Crippen LogP contribution < -0.4 is 5.32 Å². The zero-order valence-electron chi connectivity index (χ0n) is 9.67. The first kappa shape index (κ1) is 13.1. The summed E-state index contributed by atoms with van der Waals surface area (Å²) < 4.78 is 1.79. The first-order valence-electron chi connectivity index (χ1n) is 5.82. The van der Waals surface area contributed by atoms with Crippen LogP contribution in [0.1, 0.15) is 36.5 Å². The van der Waals surface area contributed by atoms with Crippen LogP contribution in [-0.4, -0.2) is 11.9 Å². The molecule has 92 valence electrons. The summed E-state index contributed by atoms with van der Waals surface area (Å²) in [5.41, 5.74) is 0.691. The maximum absolute atomic E-state index is 12.0. The van der Waals surface area contributed by atoms with E-state index in [1.165, 1.54) is 12.8 Å². The molecule has 1 aliphatic rings. The molecule has 0 aromatic heterocycles. The van der Waals surface area contributed by atoms with Gasteiger partial charge in [-0.15, -0.1) is 0 Å². The smallest absolute Gasteiger partial charge is 0.252 e. The topological polar surface area (TPSA) is 29.1 Å². The third-order valence-corrected chi connectivity index (χ3v) is 4.09. The fourth-order valence-electron chi connectivity index (χ4n) is 1.89. The van der Waals surface area contributed by atoms with Crippen molar-refractivity contribution in [3.8, 4) is 0 Å². The third-order valence-electron chi connectivity index (χ3n) is 2.94. The number of carbonyl (C=O) groups is 1. The van der Waals surface area contributed by atoms with Gasteiger partial charge in [-0.1, -0.05) is 28.8 Å². The summed E-state index contributed by atoms with van der Waals surface area (Å²) in [7, 11) is 0. The summed E-state index contributed by atoms with van der Waals surface area (Å²) in [5.74, 6) is 0.830. The van der Waals surface area contributed by atoms with E-state index in [9.17, 15) is 4.79 Å². The van der Waals surface area contributed by atoms with Crippen molar-refractivity contribution >= 4 is 37.8 Å². The number of carbonyl (C=O) groups excluding carboxylic acids is 1. The molecule has 1 saturated carbocycles. The highest BCUT2D eigenvalue weighted by molar-refractivity contribution is 9.11. The molecule has 4 heteroatoms. The highest BCUT2D eigenvalue weighted by atomic mass is 79.9. The molecule has 2 rings (SSSR count). The molecule has 1 amide bonds. The molecule has 1 aromatic carbocycles. The Morgan fingerprint density at radius 1 is 1.47 bits per heavy atom. The molecule has 1 unspecified atom stereocenters. The van der Waals surface area contributed by atoms with E-state index in [0.29, 0.717) is 5.56 Å². The Morgan fingerprint density at radius 2 is 2.18 bits per heavy atom. The van der Waals surface area contributed by atoms with Gasteiger partial charge in [0.2, 0.25) is 0 Å². The van der Waals surface area contributed by atoms with Gasteiger partial charge in [-0.25, -0.2) is 0 Å². The van der Waals surface area contributed by atoms with Gasteiger partial charge in [0.1, 0.15) is 0 Å². The molecule has 17 heavy (non-hydrogen) atoms. The lowest BCUT2D eigenvalue weighted by molar-refractivity contribution is 0.0936. The monoisotopic (exact) mass is 359 g/mol. The van der Waals surface area contributed by atoms with E-state index < -0.39 is 0 Å². The lowest BCUT2D eigenvalue weighted by atomic mass is 10.1. The van der Waals surface area contributed by atoms with Crippen LogP contribution in [0.15, 0.2) is 27.1 Å². The van der Waals surface area contributed by atoms with Gasteiger partial charge in [-0.2, -0.15) is 0 Å². The van der Waals surface area contributed by atoms with Crippen LogP contribution in [0, 0.1) is 5.92 Å².